The lowest BCUT2D eigenvalue weighted by atomic mass is 9.92. The summed E-state index contributed by atoms with van der Waals surface area (Å²) in [5, 5.41) is 6.18. The number of hydrogen-bond donors (Lipinski definition) is 2. The van der Waals surface area contributed by atoms with Gasteiger partial charge in [0.15, 0.2) is 0 Å². The second kappa shape index (κ2) is 7.96. The Morgan fingerprint density at radius 3 is 2.75 bits per heavy atom. The van der Waals surface area contributed by atoms with Gasteiger partial charge in [0.25, 0.3) is 0 Å². The molecule has 0 radical (unpaired) electrons. The molecule has 0 aromatic heterocycles. The summed E-state index contributed by atoms with van der Waals surface area (Å²) >= 11 is 0. The number of likely N-dealkylation sites (tertiary alicyclic amines) is 1. The van der Waals surface area contributed by atoms with Crippen LogP contribution in [0.4, 0.5) is 0 Å². The van der Waals surface area contributed by atoms with Crippen LogP contribution in [0.3, 0.4) is 0 Å². The maximum Gasteiger partial charge on any atom is 0.239 e. The van der Waals surface area contributed by atoms with Gasteiger partial charge in [0, 0.05) is 26.2 Å². The molecule has 1 amide bonds. The van der Waals surface area contributed by atoms with Crippen molar-refractivity contribution in [2.75, 3.05) is 45.9 Å². The Balaban J connectivity index is 1.57. The summed E-state index contributed by atoms with van der Waals surface area (Å²) in [5.74, 6) is 1.68. The number of nitrogens with one attached hydrogen (secondary N) is 2. The normalized spacial score (nSPS) is 32.0. The molecule has 20 heavy (non-hydrogen) atoms. The average Bonchev–Trinajstić information content (AvgIpc) is 2.43. The quantitative estimate of drug-likeness (QED) is 0.720. The van der Waals surface area contributed by atoms with E-state index < -0.39 is 0 Å². The lowest BCUT2D eigenvalue weighted by molar-refractivity contribution is -0.125. The molecule has 116 valence electrons. The maximum atomic E-state index is 11.9. The number of nitrogens with zero attached hydrogens (tertiary/aromatic N) is 1. The van der Waals surface area contributed by atoms with Gasteiger partial charge in [-0.25, -0.2) is 0 Å². The summed E-state index contributed by atoms with van der Waals surface area (Å²) in [5.41, 5.74) is 0. The lowest BCUT2D eigenvalue weighted by Gasteiger charge is -2.35. The molecule has 2 N–H and O–H groups in total. The largest absolute Gasteiger partial charge is 0.378 e. The number of carbonyl (C=O) groups excluding carboxylic acids is 1. The number of ether oxygens (including phenoxy) is 1. The molecular formula is C15H29N3O2. The third-order valence-electron chi connectivity index (χ3n) is 4.13. The molecule has 0 aromatic carbocycles. The molecule has 2 rings (SSSR count). The molecule has 0 saturated carbocycles. The van der Waals surface area contributed by atoms with E-state index in [0.29, 0.717) is 13.2 Å². The van der Waals surface area contributed by atoms with Crippen LogP contribution in [0, 0.1) is 11.8 Å². The zero-order chi connectivity index (χ0) is 14.4. The highest BCUT2D eigenvalue weighted by Crippen LogP contribution is 2.20. The summed E-state index contributed by atoms with van der Waals surface area (Å²) < 4.78 is 5.30. The molecule has 0 aliphatic carbocycles. The van der Waals surface area contributed by atoms with Crippen molar-refractivity contribution < 1.29 is 9.53 Å². The van der Waals surface area contributed by atoms with Gasteiger partial charge in [-0.1, -0.05) is 13.8 Å². The van der Waals surface area contributed by atoms with Crippen LogP contribution in [0.25, 0.3) is 0 Å². The molecule has 2 saturated heterocycles. The molecule has 3 unspecified atom stereocenters. The SMILES string of the molecule is CC1CC(C)CN(CCCNC(=O)C2COCCN2)C1. The van der Waals surface area contributed by atoms with Crippen LogP contribution < -0.4 is 10.6 Å². The smallest absolute Gasteiger partial charge is 0.239 e. The van der Waals surface area contributed by atoms with Crippen molar-refractivity contribution in [2.24, 2.45) is 11.8 Å². The molecule has 5 heteroatoms. The number of morpholine rings is 1. The number of piperidine rings is 1. The van der Waals surface area contributed by atoms with Gasteiger partial charge in [0.1, 0.15) is 6.04 Å². The summed E-state index contributed by atoms with van der Waals surface area (Å²) in [6.07, 6.45) is 2.37. The average molecular weight is 283 g/mol. The van der Waals surface area contributed by atoms with Crippen molar-refractivity contribution in [3.05, 3.63) is 0 Å². The van der Waals surface area contributed by atoms with Crippen LogP contribution >= 0.6 is 0 Å². The Morgan fingerprint density at radius 1 is 1.35 bits per heavy atom. The monoisotopic (exact) mass is 283 g/mol. The van der Waals surface area contributed by atoms with Gasteiger partial charge in [-0.15, -0.1) is 0 Å². The first-order valence-electron chi connectivity index (χ1n) is 7.96. The van der Waals surface area contributed by atoms with E-state index in [1.807, 2.05) is 0 Å². The second-order valence-electron chi connectivity index (χ2n) is 6.43. The van der Waals surface area contributed by atoms with Crippen molar-refractivity contribution in [3.8, 4) is 0 Å². The minimum Gasteiger partial charge on any atom is -0.378 e. The molecular weight excluding hydrogens is 254 g/mol. The van der Waals surface area contributed by atoms with Crippen molar-refractivity contribution in [3.63, 3.8) is 0 Å². The van der Waals surface area contributed by atoms with Gasteiger partial charge in [-0.2, -0.15) is 0 Å². The fourth-order valence-electron chi connectivity index (χ4n) is 3.35. The number of carbonyl (C=O) groups is 1. The van der Waals surface area contributed by atoms with Crippen LogP contribution in [0.15, 0.2) is 0 Å². The maximum absolute atomic E-state index is 11.9. The Morgan fingerprint density at radius 2 is 2.10 bits per heavy atom. The molecule has 5 nitrogen and oxygen atoms in total. The minimum absolute atomic E-state index is 0.0741. The summed E-state index contributed by atoms with van der Waals surface area (Å²) in [6, 6.07) is -0.168. The van der Waals surface area contributed by atoms with E-state index in [2.05, 4.69) is 29.4 Å². The van der Waals surface area contributed by atoms with Crippen LogP contribution in [-0.4, -0.2) is 62.8 Å². The fourth-order valence-corrected chi connectivity index (χ4v) is 3.35. The Hall–Kier alpha value is -0.650. The van der Waals surface area contributed by atoms with Crippen LogP contribution in [0.2, 0.25) is 0 Å². The Kier molecular flexibility index (Phi) is 6.26. The van der Waals surface area contributed by atoms with Crippen LogP contribution in [0.1, 0.15) is 26.7 Å². The number of amides is 1. The predicted octanol–water partition coefficient (Wildman–Crippen LogP) is 0.459. The molecule has 2 aliphatic heterocycles. The third-order valence-corrected chi connectivity index (χ3v) is 4.13. The highest BCUT2D eigenvalue weighted by molar-refractivity contribution is 5.81. The van der Waals surface area contributed by atoms with E-state index in [9.17, 15) is 4.79 Å². The summed E-state index contributed by atoms with van der Waals surface area (Å²) in [7, 11) is 0. The van der Waals surface area contributed by atoms with Crippen LogP contribution in [0.5, 0.6) is 0 Å². The summed E-state index contributed by atoms with van der Waals surface area (Å²) in [6.45, 7) is 10.9. The highest BCUT2D eigenvalue weighted by atomic mass is 16.5. The lowest BCUT2D eigenvalue weighted by Crippen LogP contribution is -2.51. The van der Waals surface area contributed by atoms with Gasteiger partial charge in [0.05, 0.1) is 13.2 Å². The first kappa shape index (κ1) is 15.7. The van der Waals surface area contributed by atoms with Gasteiger partial charge < -0.3 is 20.3 Å². The third kappa shape index (κ3) is 5.04. The molecule has 2 heterocycles. The zero-order valence-electron chi connectivity index (χ0n) is 12.9. The second-order valence-corrected chi connectivity index (χ2v) is 6.43. The van der Waals surface area contributed by atoms with E-state index in [-0.39, 0.29) is 11.9 Å². The molecule has 3 atom stereocenters. The topological polar surface area (TPSA) is 53.6 Å². The van der Waals surface area contributed by atoms with Crippen molar-refractivity contribution in [1.29, 1.82) is 0 Å². The van der Waals surface area contributed by atoms with Crippen LogP contribution in [-0.2, 0) is 9.53 Å². The van der Waals surface area contributed by atoms with Crippen molar-refractivity contribution >= 4 is 5.91 Å². The molecule has 0 bridgehead atoms. The predicted molar refractivity (Wildman–Crippen MR) is 79.6 cm³/mol. The van der Waals surface area contributed by atoms with E-state index in [1.54, 1.807) is 0 Å². The summed E-state index contributed by atoms with van der Waals surface area (Å²) in [4.78, 5) is 14.4. The first-order valence-corrected chi connectivity index (χ1v) is 7.96. The van der Waals surface area contributed by atoms with E-state index >= 15 is 0 Å². The number of hydrogen-bond acceptors (Lipinski definition) is 4. The van der Waals surface area contributed by atoms with Gasteiger partial charge in [-0.3, -0.25) is 4.79 Å². The van der Waals surface area contributed by atoms with Crippen molar-refractivity contribution in [1.82, 2.24) is 15.5 Å². The first-order chi connectivity index (χ1) is 9.65. The standard InChI is InChI=1S/C15H29N3O2/c1-12-8-13(2)10-18(9-12)6-3-4-17-15(19)14-11-20-7-5-16-14/h12-14,16H,3-11H2,1-2H3,(H,17,19). The number of rotatable bonds is 5. The Bertz CT molecular complexity index is 295. The Labute approximate surface area is 122 Å². The van der Waals surface area contributed by atoms with E-state index in [0.717, 1.165) is 37.9 Å². The highest BCUT2D eigenvalue weighted by Gasteiger charge is 2.22. The minimum atomic E-state index is -0.168. The van der Waals surface area contributed by atoms with Gasteiger partial charge >= 0.3 is 0 Å². The van der Waals surface area contributed by atoms with Crippen molar-refractivity contribution in [2.45, 2.75) is 32.7 Å². The van der Waals surface area contributed by atoms with Gasteiger partial charge in [-0.05, 0) is 31.2 Å². The molecule has 0 spiro atoms. The molecule has 0 aromatic rings. The fraction of sp³-hybridized carbons (Fsp3) is 0.933. The molecule has 2 aliphatic rings. The van der Waals surface area contributed by atoms with E-state index in [4.69, 9.17) is 4.74 Å². The molecule has 2 fully saturated rings. The van der Waals surface area contributed by atoms with Gasteiger partial charge in [0.2, 0.25) is 5.91 Å². The zero-order valence-corrected chi connectivity index (χ0v) is 12.9. The van der Waals surface area contributed by atoms with E-state index in [1.165, 1.54) is 19.5 Å².